The smallest absolute Gasteiger partial charge is 0.305 e. The Labute approximate surface area is 413 Å². The summed E-state index contributed by atoms with van der Waals surface area (Å²) in [4.78, 5) is 14.0. The van der Waals surface area contributed by atoms with E-state index in [2.05, 4.69) is 162 Å². The summed E-state index contributed by atoms with van der Waals surface area (Å²) in [7, 11) is 0. The summed E-state index contributed by atoms with van der Waals surface area (Å²) in [5, 5.41) is 9.72. The summed E-state index contributed by atoms with van der Waals surface area (Å²) in [6.07, 6.45) is 9.10. The van der Waals surface area contributed by atoms with Crippen molar-refractivity contribution in [3.8, 4) is 84.3 Å². The minimum atomic E-state index is 0. The van der Waals surface area contributed by atoms with Gasteiger partial charge in [-0.25, -0.2) is 0 Å². The van der Waals surface area contributed by atoms with Gasteiger partial charge >= 0.3 is 20.1 Å². The Kier molecular flexibility index (Phi) is 14.1. The Morgan fingerprint density at radius 1 is 0.412 bits per heavy atom. The summed E-state index contributed by atoms with van der Waals surface area (Å²) < 4.78 is 0. The van der Waals surface area contributed by atoms with Gasteiger partial charge in [0.15, 0.2) is 0 Å². The molecule has 0 atom stereocenters. The van der Waals surface area contributed by atoms with Gasteiger partial charge in [0.05, 0.1) is 11.6 Å². The van der Waals surface area contributed by atoms with Gasteiger partial charge in [-0.2, -0.15) is 5.26 Å². The molecule has 0 radical (unpaired) electrons. The second kappa shape index (κ2) is 21.2. The molecule has 0 N–H and O–H groups in total. The molecule has 0 saturated heterocycles. The molecule has 0 unspecified atom stereocenters. The summed E-state index contributed by atoms with van der Waals surface area (Å²) in [5.41, 5.74) is 21.2. The number of hydrogen-bond donors (Lipinski definition) is 0. The number of nitriles is 1. The molecule has 3 heterocycles. The molecule has 0 aliphatic carbocycles. The summed E-state index contributed by atoms with van der Waals surface area (Å²) in [5.74, 6) is 0. The molecule has 10 rings (SSSR count). The first-order valence-electron chi connectivity index (χ1n) is 22.7. The van der Waals surface area contributed by atoms with Crippen molar-refractivity contribution in [3.63, 3.8) is 0 Å². The van der Waals surface area contributed by atoms with E-state index in [0.717, 1.165) is 104 Å². The van der Waals surface area contributed by atoms with Gasteiger partial charge in [0.25, 0.3) is 0 Å². The third-order valence-electron chi connectivity index (χ3n) is 12.4. The summed E-state index contributed by atoms with van der Waals surface area (Å²) in [6, 6.07) is 78.3. The van der Waals surface area contributed by atoms with E-state index < -0.39 is 0 Å². The maximum absolute atomic E-state index is 9.72. The molecule has 0 amide bonds. The SMILES string of the molecule is Cc1cnc(-c2[c-]cc(-c3ccccc3-c3cc(CCc4c[c-]c(-c5ccccn5)cc4)cc(CCc4c[c-]c(-c5ccccn5)cc4)c3)c(-c3ccc(C#N)cc3)c2)cc1-c1ccccc1.[Ir+3]. The molecule has 0 spiro atoms. The zero-order valence-electron chi connectivity index (χ0n) is 37.6. The molecule has 7 aromatic carbocycles. The van der Waals surface area contributed by atoms with Crippen molar-refractivity contribution in [1.29, 1.82) is 5.26 Å². The van der Waals surface area contributed by atoms with Crippen LogP contribution < -0.4 is 0 Å². The van der Waals surface area contributed by atoms with E-state index in [0.29, 0.717) is 5.56 Å². The molecule has 0 aliphatic rings. The van der Waals surface area contributed by atoms with E-state index in [9.17, 15) is 5.26 Å². The number of nitrogens with zero attached hydrogens (tertiary/aromatic N) is 4. The van der Waals surface area contributed by atoms with Crippen LogP contribution in [0.25, 0.3) is 78.3 Å². The molecule has 4 nitrogen and oxygen atoms in total. The standard InChI is InChI=1S/C63H45N4.Ir/c1-44-43-67-63(41-59(44)50-11-3-2-4-12-50)54-33-34-58(60(40-54)51-27-25-47(42-64)26-28-51)57-14-6-5-13-56(57)55-38-48(19-17-45-21-29-52(30-22-45)61-15-7-9-35-65-61)37-49(39-55)20-18-46-23-31-53(32-24-46)62-16-8-10-36-66-62;/h2-16,21-29,31,34-41,43H,17-20H2,1H3;/q-3;+3. The van der Waals surface area contributed by atoms with Crippen molar-refractivity contribution >= 4 is 0 Å². The van der Waals surface area contributed by atoms with Crippen molar-refractivity contribution in [2.45, 2.75) is 32.6 Å². The van der Waals surface area contributed by atoms with Gasteiger partial charge in [0.2, 0.25) is 0 Å². The zero-order valence-corrected chi connectivity index (χ0v) is 40.0. The predicted octanol–water partition coefficient (Wildman–Crippen LogP) is 14.7. The van der Waals surface area contributed by atoms with E-state index in [4.69, 9.17) is 4.98 Å². The van der Waals surface area contributed by atoms with Gasteiger partial charge in [0.1, 0.15) is 0 Å². The molecule has 68 heavy (non-hydrogen) atoms. The monoisotopic (exact) mass is 1050 g/mol. The van der Waals surface area contributed by atoms with Crippen molar-refractivity contribution in [3.05, 3.63) is 258 Å². The Hall–Kier alpha value is -7.87. The van der Waals surface area contributed by atoms with Gasteiger partial charge in [-0.1, -0.05) is 145 Å². The fourth-order valence-corrected chi connectivity index (χ4v) is 8.77. The Morgan fingerprint density at radius 2 is 0.971 bits per heavy atom. The van der Waals surface area contributed by atoms with Crippen LogP contribution in [0.4, 0.5) is 0 Å². The minimum Gasteiger partial charge on any atom is -0.305 e. The van der Waals surface area contributed by atoms with Gasteiger partial charge in [0, 0.05) is 18.6 Å². The Morgan fingerprint density at radius 3 is 1.54 bits per heavy atom. The quantitative estimate of drug-likeness (QED) is 0.108. The number of rotatable bonds is 13. The third-order valence-corrected chi connectivity index (χ3v) is 12.4. The maximum Gasteiger partial charge on any atom is 3.00 e. The second-order valence-corrected chi connectivity index (χ2v) is 16.8. The van der Waals surface area contributed by atoms with Crippen molar-refractivity contribution in [2.75, 3.05) is 0 Å². The number of aryl methyl sites for hydroxylation is 5. The summed E-state index contributed by atoms with van der Waals surface area (Å²) >= 11 is 0. The van der Waals surface area contributed by atoms with E-state index in [-0.39, 0.29) is 20.1 Å². The molecule has 326 valence electrons. The molecular weight excluding hydrogens is 1000 g/mol. The normalized spacial score (nSPS) is 10.8. The number of aromatic nitrogens is 3. The van der Waals surface area contributed by atoms with Crippen LogP contribution in [0.15, 0.2) is 207 Å². The molecular formula is C63H45IrN4. The number of benzene rings is 7. The second-order valence-electron chi connectivity index (χ2n) is 16.8. The Balaban J connectivity index is 0.00000578. The van der Waals surface area contributed by atoms with Crippen molar-refractivity contribution in [1.82, 2.24) is 15.0 Å². The fraction of sp³-hybridized carbons (Fsp3) is 0.0794. The van der Waals surface area contributed by atoms with Crippen molar-refractivity contribution in [2.24, 2.45) is 0 Å². The first kappa shape index (κ1) is 45.3. The van der Waals surface area contributed by atoms with Crippen LogP contribution in [0.3, 0.4) is 0 Å². The molecule has 10 aromatic rings. The third kappa shape index (κ3) is 10.4. The average molecular weight is 1050 g/mol. The van der Waals surface area contributed by atoms with E-state index in [1.54, 1.807) is 0 Å². The molecule has 3 aromatic heterocycles. The predicted molar refractivity (Wildman–Crippen MR) is 272 cm³/mol. The van der Waals surface area contributed by atoms with Crippen LogP contribution >= 0.6 is 0 Å². The van der Waals surface area contributed by atoms with Gasteiger partial charge in [-0.05, 0) is 106 Å². The van der Waals surface area contributed by atoms with Crippen LogP contribution in [0, 0.1) is 36.5 Å². The molecule has 0 fully saturated rings. The minimum absolute atomic E-state index is 0. The van der Waals surface area contributed by atoms with E-state index in [1.807, 2.05) is 85.3 Å². The Bertz CT molecular complexity index is 3220. The van der Waals surface area contributed by atoms with Crippen LogP contribution in [0.2, 0.25) is 0 Å². The van der Waals surface area contributed by atoms with Gasteiger partial charge < -0.3 is 15.0 Å². The topological polar surface area (TPSA) is 62.5 Å². The molecule has 0 bridgehead atoms. The van der Waals surface area contributed by atoms with Crippen molar-refractivity contribution < 1.29 is 20.1 Å². The maximum atomic E-state index is 9.72. The number of hydrogen-bond acceptors (Lipinski definition) is 4. The van der Waals surface area contributed by atoms with Crippen LogP contribution in [0.1, 0.15) is 33.4 Å². The first-order chi connectivity index (χ1) is 33.0. The van der Waals surface area contributed by atoms with Gasteiger partial charge in [-0.3, -0.25) is 0 Å². The largest absolute Gasteiger partial charge is 3.00 e. The van der Waals surface area contributed by atoms with E-state index in [1.165, 1.54) is 27.8 Å². The van der Waals surface area contributed by atoms with E-state index >= 15 is 0 Å². The zero-order chi connectivity index (χ0) is 45.4. The average Bonchev–Trinajstić information content (AvgIpc) is 3.40. The van der Waals surface area contributed by atoms with Crippen LogP contribution in [-0.4, -0.2) is 15.0 Å². The summed E-state index contributed by atoms with van der Waals surface area (Å²) in [6.45, 7) is 2.10. The molecule has 0 aliphatic heterocycles. The first-order valence-corrected chi connectivity index (χ1v) is 22.7. The molecule has 5 heteroatoms. The van der Waals surface area contributed by atoms with Gasteiger partial charge in [-0.15, -0.1) is 94.5 Å². The van der Waals surface area contributed by atoms with Crippen LogP contribution in [0.5, 0.6) is 0 Å². The van der Waals surface area contributed by atoms with Crippen LogP contribution in [-0.2, 0) is 45.8 Å². The fourth-order valence-electron chi connectivity index (χ4n) is 8.77. The molecule has 0 saturated carbocycles. The number of pyridine rings is 3.